The van der Waals surface area contributed by atoms with E-state index in [1.807, 2.05) is 0 Å². The summed E-state index contributed by atoms with van der Waals surface area (Å²) in [7, 11) is -4.11. The SMILES string of the molecule is CC(OC(=O)c1ccc(F)c(S(=O)(=O)N2CCOCC2)c1)C(N)=O. The molecule has 24 heavy (non-hydrogen) atoms. The molecule has 1 heterocycles. The molecule has 10 heteroatoms. The lowest BCUT2D eigenvalue weighted by Crippen LogP contribution is -2.41. The van der Waals surface area contributed by atoms with Crippen molar-refractivity contribution >= 4 is 21.9 Å². The Labute approximate surface area is 138 Å². The zero-order valence-corrected chi connectivity index (χ0v) is 13.7. The highest BCUT2D eigenvalue weighted by Gasteiger charge is 2.30. The lowest BCUT2D eigenvalue weighted by Gasteiger charge is -2.26. The van der Waals surface area contributed by atoms with Crippen molar-refractivity contribution in [3.63, 3.8) is 0 Å². The van der Waals surface area contributed by atoms with Gasteiger partial charge in [-0.3, -0.25) is 4.79 Å². The number of primary amides is 1. The molecule has 0 spiro atoms. The maximum absolute atomic E-state index is 14.0. The summed E-state index contributed by atoms with van der Waals surface area (Å²) in [5, 5.41) is 0. The number of benzene rings is 1. The van der Waals surface area contributed by atoms with Crippen LogP contribution in [0.4, 0.5) is 4.39 Å². The second kappa shape index (κ2) is 7.24. The van der Waals surface area contributed by atoms with E-state index >= 15 is 0 Å². The van der Waals surface area contributed by atoms with E-state index in [1.165, 1.54) is 6.92 Å². The van der Waals surface area contributed by atoms with Gasteiger partial charge in [-0.15, -0.1) is 0 Å². The number of nitrogens with zero attached hydrogens (tertiary/aromatic N) is 1. The van der Waals surface area contributed by atoms with Crippen molar-refractivity contribution in [3.8, 4) is 0 Å². The van der Waals surface area contributed by atoms with Crippen molar-refractivity contribution < 1.29 is 31.9 Å². The van der Waals surface area contributed by atoms with Crippen molar-refractivity contribution in [3.05, 3.63) is 29.6 Å². The highest BCUT2D eigenvalue weighted by atomic mass is 32.2. The smallest absolute Gasteiger partial charge is 0.338 e. The zero-order valence-electron chi connectivity index (χ0n) is 12.9. The van der Waals surface area contributed by atoms with Gasteiger partial charge in [-0.05, 0) is 25.1 Å². The molecule has 1 aliphatic rings. The first-order valence-electron chi connectivity index (χ1n) is 7.11. The monoisotopic (exact) mass is 360 g/mol. The minimum absolute atomic E-state index is 0.0924. The molecule has 0 saturated carbocycles. The van der Waals surface area contributed by atoms with Crippen LogP contribution < -0.4 is 5.73 Å². The summed E-state index contributed by atoms with van der Waals surface area (Å²) in [4.78, 5) is 22.2. The Hall–Kier alpha value is -2.04. The number of esters is 1. The Balaban J connectivity index is 2.31. The van der Waals surface area contributed by atoms with Crippen molar-refractivity contribution in [1.29, 1.82) is 0 Å². The van der Waals surface area contributed by atoms with Crippen LogP contribution in [0.15, 0.2) is 23.1 Å². The van der Waals surface area contributed by atoms with E-state index < -0.39 is 38.7 Å². The van der Waals surface area contributed by atoms with E-state index in [0.29, 0.717) is 0 Å². The lowest BCUT2D eigenvalue weighted by molar-refractivity contribution is -0.125. The van der Waals surface area contributed by atoms with Gasteiger partial charge in [0.05, 0.1) is 18.8 Å². The molecule has 1 amide bonds. The molecular formula is C14H17FN2O6S. The second-order valence-corrected chi connectivity index (χ2v) is 7.02. The van der Waals surface area contributed by atoms with Gasteiger partial charge < -0.3 is 15.2 Å². The highest BCUT2D eigenvalue weighted by Crippen LogP contribution is 2.22. The van der Waals surface area contributed by atoms with E-state index in [2.05, 4.69) is 0 Å². The number of carbonyl (C=O) groups is 2. The van der Waals surface area contributed by atoms with Gasteiger partial charge in [0.2, 0.25) is 10.0 Å². The summed E-state index contributed by atoms with van der Waals surface area (Å²) >= 11 is 0. The first-order valence-corrected chi connectivity index (χ1v) is 8.55. The number of rotatable bonds is 5. The molecule has 1 aromatic carbocycles. The fourth-order valence-corrected chi connectivity index (χ4v) is 3.54. The highest BCUT2D eigenvalue weighted by molar-refractivity contribution is 7.89. The number of hydrogen-bond donors (Lipinski definition) is 1. The Morgan fingerprint density at radius 2 is 1.96 bits per heavy atom. The summed E-state index contributed by atoms with van der Waals surface area (Å²) in [6.07, 6.45) is -1.19. The van der Waals surface area contributed by atoms with Gasteiger partial charge in [-0.2, -0.15) is 4.31 Å². The minimum atomic E-state index is -4.11. The van der Waals surface area contributed by atoms with Crippen LogP contribution in [0.1, 0.15) is 17.3 Å². The molecule has 1 fully saturated rings. The van der Waals surface area contributed by atoms with Gasteiger partial charge in [-0.25, -0.2) is 17.6 Å². The third kappa shape index (κ3) is 3.89. The van der Waals surface area contributed by atoms with Crippen LogP contribution in [-0.4, -0.2) is 57.0 Å². The summed E-state index contributed by atoms with van der Waals surface area (Å²) in [6.45, 7) is 1.87. The number of hydrogen-bond acceptors (Lipinski definition) is 6. The molecule has 132 valence electrons. The van der Waals surface area contributed by atoms with Crippen LogP contribution in [0.3, 0.4) is 0 Å². The molecule has 1 aliphatic heterocycles. The number of amides is 1. The van der Waals surface area contributed by atoms with Crippen LogP contribution >= 0.6 is 0 Å². The molecule has 1 aromatic rings. The van der Waals surface area contributed by atoms with Gasteiger partial charge in [0.25, 0.3) is 5.91 Å². The second-order valence-electron chi connectivity index (χ2n) is 5.11. The average molecular weight is 360 g/mol. The molecule has 0 aliphatic carbocycles. The number of nitrogens with two attached hydrogens (primary N) is 1. The first kappa shape index (κ1) is 18.3. The first-order chi connectivity index (χ1) is 11.2. The Kier molecular flexibility index (Phi) is 5.52. The van der Waals surface area contributed by atoms with Crippen molar-refractivity contribution in [2.75, 3.05) is 26.3 Å². The number of morpholine rings is 1. The third-order valence-electron chi connectivity index (χ3n) is 3.44. The molecule has 2 rings (SSSR count). The zero-order chi connectivity index (χ0) is 17.9. The summed E-state index contributed by atoms with van der Waals surface area (Å²) in [6, 6.07) is 2.82. The quantitative estimate of drug-likeness (QED) is 0.732. The van der Waals surface area contributed by atoms with Crippen LogP contribution in [0.5, 0.6) is 0 Å². The van der Waals surface area contributed by atoms with Crippen LogP contribution in [0.2, 0.25) is 0 Å². The van der Waals surface area contributed by atoms with Gasteiger partial charge in [0, 0.05) is 13.1 Å². The van der Waals surface area contributed by atoms with E-state index in [4.69, 9.17) is 15.2 Å². The van der Waals surface area contributed by atoms with E-state index in [-0.39, 0.29) is 31.9 Å². The molecule has 1 saturated heterocycles. The maximum atomic E-state index is 14.0. The molecule has 8 nitrogen and oxygen atoms in total. The standard InChI is InChI=1S/C14H17FN2O6S/c1-9(13(16)18)23-14(19)10-2-3-11(15)12(8-10)24(20,21)17-4-6-22-7-5-17/h2-3,8-9H,4-7H2,1H3,(H2,16,18). The number of halogens is 1. The minimum Gasteiger partial charge on any atom is -0.449 e. The van der Waals surface area contributed by atoms with E-state index in [0.717, 1.165) is 22.5 Å². The molecule has 0 bridgehead atoms. The summed E-state index contributed by atoms with van der Waals surface area (Å²) in [5.74, 6) is -2.81. The number of sulfonamides is 1. The van der Waals surface area contributed by atoms with Crippen LogP contribution in [0.25, 0.3) is 0 Å². The van der Waals surface area contributed by atoms with Crippen LogP contribution in [0, 0.1) is 5.82 Å². The number of carbonyl (C=O) groups excluding carboxylic acids is 2. The number of ether oxygens (including phenoxy) is 2. The normalized spacial score (nSPS) is 17.2. The summed E-state index contributed by atoms with van der Waals surface area (Å²) < 4.78 is 50.0. The van der Waals surface area contributed by atoms with E-state index in [1.54, 1.807) is 0 Å². The summed E-state index contributed by atoms with van der Waals surface area (Å²) in [5.41, 5.74) is 4.79. The molecule has 0 aromatic heterocycles. The van der Waals surface area contributed by atoms with Crippen LogP contribution in [-0.2, 0) is 24.3 Å². The Morgan fingerprint density at radius 3 is 2.54 bits per heavy atom. The van der Waals surface area contributed by atoms with Crippen molar-refractivity contribution in [2.24, 2.45) is 5.73 Å². The maximum Gasteiger partial charge on any atom is 0.338 e. The predicted molar refractivity (Wildman–Crippen MR) is 80.0 cm³/mol. The fourth-order valence-electron chi connectivity index (χ4n) is 2.04. The third-order valence-corrected chi connectivity index (χ3v) is 5.35. The van der Waals surface area contributed by atoms with Gasteiger partial charge in [0.15, 0.2) is 6.10 Å². The fraction of sp³-hybridized carbons (Fsp3) is 0.429. The molecule has 1 unspecified atom stereocenters. The Bertz CT molecular complexity index is 746. The lowest BCUT2D eigenvalue weighted by atomic mass is 10.2. The van der Waals surface area contributed by atoms with Crippen molar-refractivity contribution in [2.45, 2.75) is 17.9 Å². The molecule has 2 N–H and O–H groups in total. The van der Waals surface area contributed by atoms with Gasteiger partial charge >= 0.3 is 5.97 Å². The van der Waals surface area contributed by atoms with Gasteiger partial charge in [-0.1, -0.05) is 0 Å². The molecule has 1 atom stereocenters. The molecule has 0 radical (unpaired) electrons. The average Bonchev–Trinajstić information content (AvgIpc) is 2.55. The topological polar surface area (TPSA) is 116 Å². The van der Waals surface area contributed by atoms with E-state index in [9.17, 15) is 22.4 Å². The Morgan fingerprint density at radius 1 is 1.33 bits per heavy atom. The molecular weight excluding hydrogens is 343 g/mol. The van der Waals surface area contributed by atoms with Gasteiger partial charge in [0.1, 0.15) is 10.7 Å². The predicted octanol–water partition coefficient (Wildman–Crippen LogP) is -0.123. The van der Waals surface area contributed by atoms with Crippen molar-refractivity contribution in [1.82, 2.24) is 4.31 Å². The largest absolute Gasteiger partial charge is 0.449 e.